The third kappa shape index (κ3) is 5.60. The van der Waals surface area contributed by atoms with Crippen molar-refractivity contribution in [1.29, 1.82) is 5.26 Å². The van der Waals surface area contributed by atoms with Gasteiger partial charge in [0.1, 0.15) is 11.7 Å². The van der Waals surface area contributed by atoms with Crippen LogP contribution in [0.15, 0.2) is 53.1 Å². The number of esters is 1. The largest absolute Gasteiger partial charge is 0.492 e. The second kappa shape index (κ2) is 11.7. The average molecular weight is 540 g/mol. The maximum Gasteiger partial charge on any atom is 0.319 e. The highest BCUT2D eigenvalue weighted by Crippen LogP contribution is 2.42. The molecule has 0 saturated carbocycles. The van der Waals surface area contributed by atoms with Crippen LogP contribution >= 0.6 is 23.4 Å². The lowest BCUT2D eigenvalue weighted by molar-refractivity contribution is -0.150. The van der Waals surface area contributed by atoms with E-state index in [1.54, 1.807) is 23.1 Å². The van der Waals surface area contributed by atoms with Crippen molar-refractivity contribution in [3.63, 3.8) is 0 Å². The first kappa shape index (κ1) is 26.6. The van der Waals surface area contributed by atoms with Gasteiger partial charge in [0.25, 0.3) is 0 Å². The number of amides is 2. The van der Waals surface area contributed by atoms with E-state index >= 15 is 0 Å². The predicted molar refractivity (Wildman–Crippen MR) is 140 cm³/mol. The Bertz CT molecular complexity index is 1310. The molecule has 8 nitrogen and oxygen atoms in total. The molecule has 1 N–H and O–H groups in total. The van der Waals surface area contributed by atoms with Crippen LogP contribution in [0.3, 0.4) is 0 Å². The quantitative estimate of drug-likeness (QED) is 0.421. The predicted octanol–water partition coefficient (Wildman–Crippen LogP) is 3.79. The summed E-state index contributed by atoms with van der Waals surface area (Å²) in [5.74, 6) is -3.22. The van der Waals surface area contributed by atoms with Gasteiger partial charge >= 0.3 is 5.97 Å². The van der Waals surface area contributed by atoms with Gasteiger partial charge in [-0.3, -0.25) is 14.4 Å². The summed E-state index contributed by atoms with van der Waals surface area (Å²) in [5, 5.41) is 13.3. The van der Waals surface area contributed by atoms with E-state index in [-0.39, 0.29) is 22.3 Å². The number of hydrogen-bond donors (Lipinski definition) is 1. The highest BCUT2D eigenvalue weighted by Gasteiger charge is 2.44. The summed E-state index contributed by atoms with van der Waals surface area (Å²) in [6.07, 6.45) is 0.775. The van der Waals surface area contributed by atoms with Crippen LogP contribution in [0, 0.1) is 17.2 Å². The Balaban J connectivity index is 1.61. The number of thioether (sulfide) groups is 1. The number of fused-ring (bicyclic) bond motifs is 1. The molecule has 2 aliphatic rings. The second-order valence-corrected chi connectivity index (χ2v) is 9.96. The molecular weight excluding hydrogens is 514 g/mol. The monoisotopic (exact) mass is 539 g/mol. The molecule has 2 aromatic carbocycles. The molecular formula is C27H26ClN3O5S. The Labute approximate surface area is 224 Å². The molecule has 0 fully saturated rings. The zero-order valence-corrected chi connectivity index (χ0v) is 22.0. The number of halogens is 1. The molecule has 2 heterocycles. The molecule has 0 unspecified atom stereocenters. The number of nitrogens with zero attached hydrogens (tertiary/aromatic N) is 2. The number of rotatable bonds is 7. The lowest BCUT2D eigenvalue weighted by atomic mass is 9.78. The summed E-state index contributed by atoms with van der Waals surface area (Å²) in [7, 11) is 1.19. The number of benzene rings is 2. The molecule has 2 aromatic rings. The molecule has 2 amide bonds. The van der Waals surface area contributed by atoms with Crippen LogP contribution in [0.5, 0.6) is 5.75 Å². The van der Waals surface area contributed by atoms with Gasteiger partial charge in [0.2, 0.25) is 11.8 Å². The van der Waals surface area contributed by atoms with Crippen molar-refractivity contribution in [3.05, 3.63) is 74.8 Å². The smallest absolute Gasteiger partial charge is 0.319 e. The summed E-state index contributed by atoms with van der Waals surface area (Å²) in [6.45, 7) is 3.36. The van der Waals surface area contributed by atoms with Gasteiger partial charge in [-0.15, -0.1) is 0 Å². The molecule has 0 aliphatic carbocycles. The fourth-order valence-electron chi connectivity index (χ4n) is 4.60. The van der Waals surface area contributed by atoms with Crippen molar-refractivity contribution >= 4 is 41.1 Å². The van der Waals surface area contributed by atoms with E-state index in [4.69, 9.17) is 21.1 Å². The zero-order valence-electron chi connectivity index (χ0n) is 20.5. The maximum atomic E-state index is 13.1. The standard InChI is InChI=1S/C27H26ClN3O5S/c1-3-36-21-9-8-17(12-20(21)28)23-19(13-29)26(30-25(33)24(23)27(34)35-2)37-15-22(32)31-11-10-16-6-4-5-7-18(16)14-31/h4-9,12,23-24H,3,10-11,14-15H2,1-2H3,(H,30,33)/t23-,24-/m0/s1. The van der Waals surface area contributed by atoms with E-state index in [1.807, 2.05) is 25.1 Å². The van der Waals surface area contributed by atoms with Crippen LogP contribution in [-0.4, -0.2) is 48.7 Å². The number of methoxy groups -OCH3 is 1. The second-order valence-electron chi connectivity index (χ2n) is 8.57. The number of carbonyl (C=O) groups is 3. The van der Waals surface area contributed by atoms with Crippen LogP contribution in [0.2, 0.25) is 5.02 Å². The Morgan fingerprint density at radius 1 is 1.24 bits per heavy atom. The van der Waals surface area contributed by atoms with Crippen molar-refractivity contribution in [2.24, 2.45) is 5.92 Å². The lowest BCUT2D eigenvalue weighted by Gasteiger charge is -2.32. The molecule has 4 rings (SSSR count). The molecule has 2 aliphatic heterocycles. The number of hydrogen-bond acceptors (Lipinski definition) is 7. The molecule has 37 heavy (non-hydrogen) atoms. The third-order valence-corrected chi connectivity index (χ3v) is 7.72. The van der Waals surface area contributed by atoms with Gasteiger partial charge in [-0.2, -0.15) is 5.26 Å². The lowest BCUT2D eigenvalue weighted by Crippen LogP contribution is -2.44. The first-order valence-electron chi connectivity index (χ1n) is 11.8. The molecule has 192 valence electrons. The Morgan fingerprint density at radius 3 is 2.68 bits per heavy atom. The van der Waals surface area contributed by atoms with Crippen molar-refractivity contribution < 1.29 is 23.9 Å². The van der Waals surface area contributed by atoms with E-state index in [0.29, 0.717) is 36.0 Å². The maximum absolute atomic E-state index is 13.1. The first-order valence-corrected chi connectivity index (χ1v) is 13.2. The van der Waals surface area contributed by atoms with Gasteiger partial charge in [-0.05, 0) is 42.2 Å². The van der Waals surface area contributed by atoms with Gasteiger partial charge in [-0.1, -0.05) is 53.7 Å². The van der Waals surface area contributed by atoms with Crippen LogP contribution in [0.4, 0.5) is 0 Å². The van der Waals surface area contributed by atoms with Gasteiger partial charge in [0, 0.05) is 19.0 Å². The fraction of sp³-hybridized carbons (Fsp3) is 0.333. The molecule has 0 bridgehead atoms. The minimum absolute atomic E-state index is 0.0304. The van der Waals surface area contributed by atoms with Gasteiger partial charge in [-0.25, -0.2) is 0 Å². The van der Waals surface area contributed by atoms with Crippen LogP contribution in [-0.2, 0) is 32.1 Å². The molecule has 0 saturated heterocycles. The van der Waals surface area contributed by atoms with Crippen molar-refractivity contribution in [2.75, 3.05) is 26.0 Å². The number of nitriles is 1. The third-order valence-electron chi connectivity index (χ3n) is 6.42. The highest BCUT2D eigenvalue weighted by molar-refractivity contribution is 8.03. The Hall–Kier alpha value is -3.48. The minimum atomic E-state index is -1.28. The molecule has 10 heteroatoms. The van der Waals surface area contributed by atoms with E-state index in [0.717, 1.165) is 23.7 Å². The van der Waals surface area contributed by atoms with E-state index in [1.165, 1.54) is 12.7 Å². The van der Waals surface area contributed by atoms with E-state index in [2.05, 4.69) is 17.5 Å². The number of nitrogens with one attached hydrogen (secondary N) is 1. The van der Waals surface area contributed by atoms with Crippen molar-refractivity contribution in [3.8, 4) is 11.8 Å². The summed E-state index contributed by atoms with van der Waals surface area (Å²) in [4.78, 5) is 40.5. The minimum Gasteiger partial charge on any atom is -0.492 e. The molecule has 0 aromatic heterocycles. The fourth-order valence-corrected chi connectivity index (χ4v) is 5.79. The van der Waals surface area contributed by atoms with Gasteiger partial charge < -0.3 is 19.7 Å². The zero-order chi connectivity index (χ0) is 26.5. The number of carbonyl (C=O) groups excluding carboxylic acids is 3. The molecule has 0 spiro atoms. The van der Waals surface area contributed by atoms with Crippen LogP contribution < -0.4 is 10.1 Å². The summed E-state index contributed by atoms with van der Waals surface area (Å²) >= 11 is 7.46. The van der Waals surface area contributed by atoms with E-state index in [9.17, 15) is 19.6 Å². The average Bonchev–Trinajstić information content (AvgIpc) is 2.91. The normalized spacial score (nSPS) is 19.0. The summed E-state index contributed by atoms with van der Waals surface area (Å²) in [6, 6.07) is 15.1. The number of allylic oxidation sites excluding steroid dienone is 1. The number of ether oxygens (including phenoxy) is 2. The van der Waals surface area contributed by atoms with Crippen molar-refractivity contribution in [2.45, 2.75) is 25.8 Å². The van der Waals surface area contributed by atoms with Crippen LogP contribution in [0.25, 0.3) is 0 Å². The van der Waals surface area contributed by atoms with Crippen molar-refractivity contribution in [1.82, 2.24) is 10.2 Å². The SMILES string of the molecule is CCOc1ccc([C@H]2C(C#N)=C(SCC(=O)N3CCc4ccccc4C3)NC(=O)[C@H]2C(=O)OC)cc1Cl. The topological polar surface area (TPSA) is 109 Å². The Kier molecular flexibility index (Phi) is 8.41. The highest BCUT2D eigenvalue weighted by atomic mass is 35.5. The molecule has 0 radical (unpaired) electrons. The Morgan fingerprint density at radius 2 is 2.00 bits per heavy atom. The first-order chi connectivity index (χ1) is 17.9. The van der Waals surface area contributed by atoms with Gasteiger partial charge in [0.05, 0.1) is 41.2 Å². The summed E-state index contributed by atoms with van der Waals surface area (Å²) < 4.78 is 10.4. The molecule has 2 atom stereocenters. The summed E-state index contributed by atoms with van der Waals surface area (Å²) in [5.41, 5.74) is 3.01. The van der Waals surface area contributed by atoms with E-state index < -0.39 is 23.7 Å². The van der Waals surface area contributed by atoms with Gasteiger partial charge in [0.15, 0.2) is 0 Å². The van der Waals surface area contributed by atoms with Crippen LogP contribution in [0.1, 0.15) is 29.5 Å².